The van der Waals surface area contributed by atoms with Crippen LogP contribution in [0.15, 0.2) is 11.6 Å². The Balaban J connectivity index is 2.51. The summed E-state index contributed by atoms with van der Waals surface area (Å²) in [5, 5.41) is 0. The maximum Gasteiger partial charge on any atom is 0.331 e. The van der Waals surface area contributed by atoms with E-state index in [9.17, 15) is 9.59 Å². The minimum atomic E-state index is -2.10. The summed E-state index contributed by atoms with van der Waals surface area (Å²) in [7, 11) is -4.13. The SMILES string of the molecule is CC[Si](CC)(CC)O[C@@H](C[C@@H](O[Si](CC)(CC)CC)C1(C=O)COC(C)(C)OC1)C1=CC(=O)OC1. The molecule has 2 rings (SSSR count). The van der Waals surface area contributed by atoms with Crippen LogP contribution in [0.3, 0.4) is 0 Å². The summed E-state index contributed by atoms with van der Waals surface area (Å²) in [6.45, 7) is 17.5. The van der Waals surface area contributed by atoms with Crippen molar-refractivity contribution in [2.24, 2.45) is 5.41 Å². The van der Waals surface area contributed by atoms with E-state index in [-0.39, 0.29) is 31.9 Å². The average molecular weight is 529 g/mol. The zero-order valence-corrected chi connectivity index (χ0v) is 25.2. The Morgan fingerprint density at radius 3 is 1.80 bits per heavy atom. The fraction of sp³-hybridized carbons (Fsp3) is 0.846. The van der Waals surface area contributed by atoms with E-state index < -0.39 is 33.9 Å². The smallest absolute Gasteiger partial charge is 0.331 e. The molecule has 0 N–H and O–H groups in total. The molecule has 0 aromatic rings. The molecule has 35 heavy (non-hydrogen) atoms. The van der Waals surface area contributed by atoms with Crippen molar-refractivity contribution in [1.82, 2.24) is 0 Å². The number of rotatable bonds is 15. The number of esters is 1. The second kappa shape index (κ2) is 12.6. The van der Waals surface area contributed by atoms with E-state index in [2.05, 4.69) is 41.5 Å². The Kier molecular flexibility index (Phi) is 10.9. The number of carbonyl (C=O) groups is 2. The first kappa shape index (κ1) is 30.4. The topological polar surface area (TPSA) is 80.3 Å². The average Bonchev–Trinajstić information content (AvgIpc) is 3.31. The second-order valence-corrected chi connectivity index (χ2v) is 20.0. The first-order chi connectivity index (χ1) is 16.5. The Bertz CT molecular complexity index is 717. The van der Waals surface area contributed by atoms with Crippen LogP contribution in [0, 0.1) is 5.41 Å². The van der Waals surface area contributed by atoms with Crippen molar-refractivity contribution in [3.63, 3.8) is 0 Å². The maximum absolute atomic E-state index is 12.7. The Labute approximate surface area is 214 Å². The number of carbonyl (C=O) groups excluding carboxylic acids is 2. The van der Waals surface area contributed by atoms with Gasteiger partial charge in [0.15, 0.2) is 22.4 Å². The molecule has 0 spiro atoms. The Morgan fingerprint density at radius 2 is 1.40 bits per heavy atom. The Hall–Kier alpha value is -0.846. The van der Waals surface area contributed by atoms with Crippen LogP contribution >= 0.6 is 0 Å². The van der Waals surface area contributed by atoms with Gasteiger partial charge in [-0.15, -0.1) is 0 Å². The highest BCUT2D eigenvalue weighted by Gasteiger charge is 2.50. The van der Waals surface area contributed by atoms with Gasteiger partial charge in [0.05, 0.1) is 30.8 Å². The summed E-state index contributed by atoms with van der Waals surface area (Å²) >= 11 is 0. The second-order valence-electron chi connectivity index (χ2n) is 10.6. The van der Waals surface area contributed by atoms with Gasteiger partial charge in [0.2, 0.25) is 0 Å². The molecule has 0 aromatic carbocycles. The highest BCUT2D eigenvalue weighted by Crippen LogP contribution is 2.40. The van der Waals surface area contributed by atoms with Gasteiger partial charge in [-0.05, 0) is 50.1 Å². The van der Waals surface area contributed by atoms with E-state index in [0.717, 1.165) is 48.1 Å². The van der Waals surface area contributed by atoms with Crippen LogP contribution in [0.4, 0.5) is 0 Å². The highest BCUT2D eigenvalue weighted by atomic mass is 28.4. The standard InChI is InChI=1S/C26H48O7Si2/c1-9-34(10-2,11-3)32-22(21-15-24(28)29-17-21)16-23(33-35(12-4,13-5)14-6)26(18-27)19-30-25(7,8)31-20-26/h15,18,22-23H,9-14,16-17,19-20H2,1-8H3/t22-,23+/m0/s1. The number of hydrogen-bond donors (Lipinski definition) is 0. The summed E-state index contributed by atoms with van der Waals surface area (Å²) in [4.78, 5) is 24.8. The minimum absolute atomic E-state index is 0.226. The highest BCUT2D eigenvalue weighted by molar-refractivity contribution is 6.74. The number of aldehydes is 1. The molecule has 0 unspecified atom stereocenters. The predicted octanol–water partition coefficient (Wildman–Crippen LogP) is 5.61. The van der Waals surface area contributed by atoms with E-state index in [1.165, 1.54) is 0 Å². The van der Waals surface area contributed by atoms with Gasteiger partial charge in [0.25, 0.3) is 0 Å². The van der Waals surface area contributed by atoms with E-state index in [1.54, 1.807) is 6.08 Å². The first-order valence-corrected chi connectivity index (χ1v) is 18.5. The summed E-state index contributed by atoms with van der Waals surface area (Å²) in [5.41, 5.74) is -0.0973. The van der Waals surface area contributed by atoms with Gasteiger partial charge in [0.1, 0.15) is 12.9 Å². The molecule has 9 heteroatoms. The van der Waals surface area contributed by atoms with Crippen molar-refractivity contribution in [3.05, 3.63) is 11.6 Å². The molecule has 7 nitrogen and oxygen atoms in total. The summed E-state index contributed by atoms with van der Waals surface area (Å²) in [6, 6.07) is 5.85. The lowest BCUT2D eigenvalue weighted by atomic mass is 9.81. The van der Waals surface area contributed by atoms with Crippen molar-refractivity contribution >= 4 is 28.9 Å². The van der Waals surface area contributed by atoms with Crippen molar-refractivity contribution in [2.45, 2.75) is 116 Å². The fourth-order valence-corrected chi connectivity index (χ4v) is 10.9. The van der Waals surface area contributed by atoms with E-state index in [4.69, 9.17) is 23.1 Å². The molecule has 0 amide bonds. The van der Waals surface area contributed by atoms with Crippen LogP contribution in [0.5, 0.6) is 0 Å². The van der Waals surface area contributed by atoms with Gasteiger partial charge < -0.3 is 27.9 Å². The maximum atomic E-state index is 12.7. The molecule has 2 heterocycles. The van der Waals surface area contributed by atoms with Crippen LogP contribution in [0.25, 0.3) is 0 Å². The Morgan fingerprint density at radius 1 is 0.914 bits per heavy atom. The molecular formula is C26H48O7Si2. The van der Waals surface area contributed by atoms with Crippen LogP contribution in [-0.4, -0.2) is 66.7 Å². The predicted molar refractivity (Wildman–Crippen MR) is 142 cm³/mol. The molecule has 0 saturated carbocycles. The molecular weight excluding hydrogens is 480 g/mol. The molecule has 2 atom stereocenters. The van der Waals surface area contributed by atoms with E-state index in [0.29, 0.717) is 6.42 Å². The van der Waals surface area contributed by atoms with Crippen LogP contribution in [-0.2, 0) is 32.7 Å². The third-order valence-electron chi connectivity index (χ3n) is 8.43. The third-order valence-corrected chi connectivity index (χ3v) is 17.7. The van der Waals surface area contributed by atoms with Crippen LogP contribution in [0.1, 0.15) is 61.8 Å². The lowest BCUT2D eigenvalue weighted by Crippen LogP contribution is -2.58. The molecule has 1 saturated heterocycles. The van der Waals surface area contributed by atoms with Crippen molar-refractivity contribution in [2.75, 3.05) is 19.8 Å². The molecule has 1 fully saturated rings. The van der Waals surface area contributed by atoms with Crippen molar-refractivity contribution in [3.8, 4) is 0 Å². The normalized spacial score (nSPS) is 21.8. The van der Waals surface area contributed by atoms with Crippen molar-refractivity contribution in [1.29, 1.82) is 0 Å². The van der Waals surface area contributed by atoms with Crippen LogP contribution < -0.4 is 0 Å². The zero-order chi connectivity index (χ0) is 26.3. The van der Waals surface area contributed by atoms with Gasteiger partial charge >= 0.3 is 5.97 Å². The van der Waals surface area contributed by atoms with Crippen LogP contribution in [0.2, 0.25) is 36.3 Å². The molecule has 2 aliphatic heterocycles. The van der Waals surface area contributed by atoms with Gasteiger partial charge in [0, 0.05) is 18.1 Å². The fourth-order valence-electron chi connectivity index (χ4n) is 5.08. The lowest BCUT2D eigenvalue weighted by molar-refractivity contribution is -0.289. The summed E-state index contributed by atoms with van der Waals surface area (Å²) < 4.78 is 31.3. The van der Waals surface area contributed by atoms with Gasteiger partial charge in [-0.25, -0.2) is 4.79 Å². The zero-order valence-electron chi connectivity index (χ0n) is 23.2. The number of ether oxygens (including phenoxy) is 3. The molecule has 0 radical (unpaired) electrons. The van der Waals surface area contributed by atoms with Crippen molar-refractivity contribution < 1.29 is 32.7 Å². The third kappa shape index (κ3) is 7.14. The first-order valence-electron chi connectivity index (χ1n) is 13.5. The molecule has 202 valence electrons. The number of hydrogen-bond acceptors (Lipinski definition) is 7. The van der Waals surface area contributed by atoms with Gasteiger partial charge in [-0.3, -0.25) is 0 Å². The van der Waals surface area contributed by atoms with E-state index in [1.807, 2.05) is 13.8 Å². The lowest BCUT2D eigenvalue weighted by Gasteiger charge is -2.48. The quantitative estimate of drug-likeness (QED) is 0.155. The summed E-state index contributed by atoms with van der Waals surface area (Å²) in [6.07, 6.45) is 2.22. The monoisotopic (exact) mass is 528 g/mol. The molecule has 0 aliphatic carbocycles. The van der Waals surface area contributed by atoms with E-state index >= 15 is 0 Å². The van der Waals surface area contributed by atoms with Gasteiger partial charge in [-0.1, -0.05) is 41.5 Å². The minimum Gasteiger partial charge on any atom is -0.458 e. The largest absolute Gasteiger partial charge is 0.458 e. The van der Waals surface area contributed by atoms with Gasteiger partial charge in [-0.2, -0.15) is 0 Å². The molecule has 0 aromatic heterocycles. The molecule has 2 aliphatic rings. The summed E-state index contributed by atoms with van der Waals surface area (Å²) in [5.74, 6) is -1.08. The number of cyclic esters (lactones) is 1. The molecule has 0 bridgehead atoms.